The molecule has 0 unspecified atom stereocenters. The van der Waals surface area contributed by atoms with Gasteiger partial charge in [0.05, 0.1) is 0 Å². The molecule has 0 spiro atoms. The minimum atomic E-state index is -3.66. The number of carbonyl (C=O) groups excluding carboxylic acids is 1. The number of nitrogens with one attached hydrogen (secondary N) is 1. The fraction of sp³-hybridized carbons (Fsp3) is 0.444. The minimum absolute atomic E-state index is 0.0557. The summed E-state index contributed by atoms with van der Waals surface area (Å²) in [5, 5.41) is 2.94. The van der Waals surface area contributed by atoms with Crippen LogP contribution in [0.3, 0.4) is 0 Å². The maximum absolute atomic E-state index is 12.8. The Balaban J connectivity index is 1.67. The van der Waals surface area contributed by atoms with E-state index in [9.17, 15) is 13.2 Å². The Morgan fingerprint density at radius 3 is 2.59 bits per heavy atom. The average Bonchev–Trinajstić information content (AvgIpc) is 2.83. The Bertz CT molecular complexity index is 919. The van der Waals surface area contributed by atoms with E-state index < -0.39 is 10.0 Å². The van der Waals surface area contributed by atoms with Crippen LogP contribution in [0.1, 0.15) is 17.8 Å². The number of nitrogens with zero attached hydrogens (tertiary/aromatic N) is 4. The second kappa shape index (κ2) is 7.69. The van der Waals surface area contributed by atoms with Crippen LogP contribution >= 0.6 is 0 Å². The molecular formula is C18H25N5O3S. The first kappa shape index (κ1) is 19.4. The number of hydrogen-bond donors (Lipinski definition) is 1. The lowest BCUT2D eigenvalue weighted by Crippen LogP contribution is -2.39. The zero-order chi connectivity index (χ0) is 19.6. The molecule has 8 nitrogen and oxygen atoms in total. The first-order chi connectivity index (χ1) is 12.8. The summed E-state index contributed by atoms with van der Waals surface area (Å²) in [6.07, 6.45) is 2.10. The van der Waals surface area contributed by atoms with Gasteiger partial charge in [0.25, 0.3) is 10.0 Å². The Morgan fingerprint density at radius 1 is 1.15 bits per heavy atom. The summed E-state index contributed by atoms with van der Waals surface area (Å²) in [6.45, 7) is 5.18. The first-order valence-electron chi connectivity index (χ1n) is 8.90. The second-order valence-electron chi connectivity index (χ2n) is 6.78. The van der Waals surface area contributed by atoms with E-state index in [1.165, 1.54) is 10.5 Å². The molecular weight excluding hydrogens is 366 g/mol. The van der Waals surface area contributed by atoms with Crippen LogP contribution in [0.25, 0.3) is 0 Å². The lowest BCUT2D eigenvalue weighted by Gasteiger charge is -2.22. The monoisotopic (exact) mass is 391 g/mol. The molecule has 1 aromatic heterocycles. The predicted molar refractivity (Wildman–Crippen MR) is 103 cm³/mol. The normalized spacial score (nSPS) is 16.2. The highest BCUT2D eigenvalue weighted by atomic mass is 32.2. The van der Waals surface area contributed by atoms with Gasteiger partial charge >= 0.3 is 6.03 Å². The van der Waals surface area contributed by atoms with E-state index in [0.29, 0.717) is 31.9 Å². The van der Waals surface area contributed by atoms with E-state index in [0.717, 1.165) is 11.3 Å². The van der Waals surface area contributed by atoms with Crippen molar-refractivity contribution in [2.45, 2.75) is 25.3 Å². The van der Waals surface area contributed by atoms with E-state index in [2.05, 4.69) is 10.3 Å². The van der Waals surface area contributed by atoms with E-state index in [1.54, 1.807) is 23.4 Å². The number of benzene rings is 1. The zero-order valence-electron chi connectivity index (χ0n) is 15.8. The van der Waals surface area contributed by atoms with Crippen molar-refractivity contribution in [3.8, 4) is 0 Å². The number of anilines is 1. The van der Waals surface area contributed by atoms with Crippen molar-refractivity contribution in [3.63, 3.8) is 0 Å². The van der Waals surface area contributed by atoms with Crippen LogP contribution in [0.2, 0.25) is 0 Å². The number of amides is 2. The topological polar surface area (TPSA) is 87.5 Å². The van der Waals surface area contributed by atoms with Gasteiger partial charge in [-0.05, 0) is 38.0 Å². The van der Waals surface area contributed by atoms with Crippen LogP contribution in [0.4, 0.5) is 10.5 Å². The van der Waals surface area contributed by atoms with Gasteiger partial charge in [0.2, 0.25) is 0 Å². The third-order valence-electron chi connectivity index (χ3n) is 4.70. The molecule has 1 aliphatic heterocycles. The van der Waals surface area contributed by atoms with E-state index in [1.807, 2.05) is 31.2 Å². The zero-order valence-corrected chi connectivity index (χ0v) is 16.7. The molecule has 146 valence electrons. The standard InChI is InChI=1S/C18H25N5O3S/c1-14-6-4-7-16(12-14)20-18(24)22-8-5-9-23(11-10-22)27(25,26)17-13-21(3)15(2)19-17/h4,6-7,12-13H,5,8-11H2,1-3H3,(H,20,24). The van der Waals surface area contributed by atoms with Gasteiger partial charge in [0, 0.05) is 45.1 Å². The van der Waals surface area contributed by atoms with Crippen LogP contribution < -0.4 is 5.32 Å². The fourth-order valence-electron chi connectivity index (χ4n) is 3.05. The van der Waals surface area contributed by atoms with Crippen LogP contribution in [0, 0.1) is 13.8 Å². The van der Waals surface area contributed by atoms with Gasteiger partial charge in [-0.25, -0.2) is 18.2 Å². The molecule has 3 rings (SSSR count). The summed E-state index contributed by atoms with van der Waals surface area (Å²) in [7, 11) is -1.89. The number of aryl methyl sites for hydroxylation is 3. The molecule has 2 heterocycles. The van der Waals surface area contributed by atoms with E-state index in [-0.39, 0.29) is 17.6 Å². The SMILES string of the molecule is Cc1cccc(NC(=O)N2CCCN(S(=O)(=O)c3cn(C)c(C)n3)CC2)c1. The van der Waals surface area contributed by atoms with Gasteiger partial charge < -0.3 is 14.8 Å². The minimum Gasteiger partial charge on any atom is -0.337 e. The van der Waals surface area contributed by atoms with Crippen LogP contribution in [-0.2, 0) is 17.1 Å². The van der Waals surface area contributed by atoms with Gasteiger partial charge in [0.1, 0.15) is 5.82 Å². The first-order valence-corrected chi connectivity index (χ1v) is 10.3. The van der Waals surface area contributed by atoms with Gasteiger partial charge in [-0.3, -0.25) is 0 Å². The van der Waals surface area contributed by atoms with Crippen molar-refractivity contribution < 1.29 is 13.2 Å². The highest BCUT2D eigenvalue weighted by Gasteiger charge is 2.30. The van der Waals surface area contributed by atoms with Crippen LogP contribution in [0.5, 0.6) is 0 Å². The predicted octanol–water partition coefficient (Wildman–Crippen LogP) is 1.97. The second-order valence-corrected chi connectivity index (χ2v) is 8.67. The van der Waals surface area contributed by atoms with E-state index >= 15 is 0 Å². The molecule has 0 radical (unpaired) electrons. The number of rotatable bonds is 3. The van der Waals surface area contributed by atoms with Crippen molar-refractivity contribution in [3.05, 3.63) is 41.9 Å². The molecule has 2 amide bonds. The van der Waals surface area contributed by atoms with Gasteiger partial charge in [-0.15, -0.1) is 0 Å². The van der Waals surface area contributed by atoms with Crippen LogP contribution in [0.15, 0.2) is 35.5 Å². The Kier molecular flexibility index (Phi) is 5.52. The summed E-state index contributed by atoms with van der Waals surface area (Å²) in [5.41, 5.74) is 1.80. The summed E-state index contributed by atoms with van der Waals surface area (Å²) >= 11 is 0. The molecule has 27 heavy (non-hydrogen) atoms. The molecule has 9 heteroatoms. The number of carbonyl (C=O) groups is 1. The van der Waals surface area contributed by atoms with Crippen molar-refractivity contribution in [1.82, 2.24) is 18.8 Å². The van der Waals surface area contributed by atoms with Gasteiger partial charge in [0.15, 0.2) is 5.03 Å². The summed E-state index contributed by atoms with van der Waals surface area (Å²) in [5.74, 6) is 0.641. The molecule has 1 aromatic carbocycles. The third-order valence-corrected chi connectivity index (χ3v) is 6.47. The van der Waals surface area contributed by atoms with Gasteiger partial charge in [-0.2, -0.15) is 4.31 Å². The van der Waals surface area contributed by atoms with Crippen molar-refractivity contribution in [2.75, 3.05) is 31.5 Å². The molecule has 0 atom stereocenters. The molecule has 0 aliphatic carbocycles. The lowest BCUT2D eigenvalue weighted by molar-refractivity contribution is 0.214. The van der Waals surface area contributed by atoms with E-state index in [4.69, 9.17) is 0 Å². The van der Waals surface area contributed by atoms with Gasteiger partial charge in [-0.1, -0.05) is 12.1 Å². The quantitative estimate of drug-likeness (QED) is 0.866. The maximum atomic E-state index is 12.8. The van der Waals surface area contributed by atoms with Crippen molar-refractivity contribution >= 4 is 21.7 Å². The number of imidazole rings is 1. The molecule has 1 N–H and O–H groups in total. The lowest BCUT2D eigenvalue weighted by atomic mass is 10.2. The number of urea groups is 1. The number of aromatic nitrogens is 2. The molecule has 1 saturated heterocycles. The smallest absolute Gasteiger partial charge is 0.321 e. The fourth-order valence-corrected chi connectivity index (χ4v) is 4.54. The van der Waals surface area contributed by atoms with Crippen LogP contribution in [-0.4, -0.2) is 59.4 Å². The Morgan fingerprint density at radius 2 is 1.93 bits per heavy atom. The molecule has 0 bridgehead atoms. The largest absolute Gasteiger partial charge is 0.337 e. The summed E-state index contributed by atoms with van der Waals surface area (Å²) < 4.78 is 28.8. The maximum Gasteiger partial charge on any atom is 0.321 e. The highest BCUT2D eigenvalue weighted by molar-refractivity contribution is 7.89. The molecule has 1 aliphatic rings. The molecule has 1 fully saturated rings. The van der Waals surface area contributed by atoms with Crippen molar-refractivity contribution in [2.24, 2.45) is 7.05 Å². The Hall–Kier alpha value is -2.39. The summed E-state index contributed by atoms with van der Waals surface area (Å²) in [4.78, 5) is 18.3. The molecule has 2 aromatic rings. The Labute approximate surface area is 159 Å². The number of hydrogen-bond acceptors (Lipinski definition) is 4. The molecule has 0 saturated carbocycles. The average molecular weight is 391 g/mol. The third kappa shape index (κ3) is 4.30. The highest BCUT2D eigenvalue weighted by Crippen LogP contribution is 2.18. The van der Waals surface area contributed by atoms with Crippen molar-refractivity contribution in [1.29, 1.82) is 0 Å². The summed E-state index contributed by atoms with van der Waals surface area (Å²) in [6, 6.07) is 7.37. The number of sulfonamides is 1.